The lowest BCUT2D eigenvalue weighted by Gasteiger charge is -2.53. The van der Waals surface area contributed by atoms with E-state index in [4.69, 9.17) is 0 Å². The molecule has 170 valence electrons. The van der Waals surface area contributed by atoms with E-state index in [9.17, 15) is 24.3 Å². The fourth-order valence-electron chi connectivity index (χ4n) is 3.66. The van der Waals surface area contributed by atoms with Crippen molar-refractivity contribution in [1.82, 2.24) is 19.8 Å². The van der Waals surface area contributed by atoms with Crippen LogP contribution in [0.3, 0.4) is 0 Å². The van der Waals surface area contributed by atoms with Gasteiger partial charge in [-0.05, 0) is 18.4 Å². The monoisotopic (exact) mass is 494 g/mol. The normalized spacial score (nSPS) is 24.6. The number of rotatable bonds is 7. The van der Waals surface area contributed by atoms with E-state index in [-0.39, 0.29) is 41.5 Å². The molecule has 0 saturated carbocycles. The molecular formula is C20H22N4O5S3. The summed E-state index contributed by atoms with van der Waals surface area (Å²) in [5.41, 5.74) is -0.812. The van der Waals surface area contributed by atoms with Crippen molar-refractivity contribution in [2.24, 2.45) is 12.5 Å². The molecule has 2 aliphatic rings. The maximum atomic E-state index is 12.7. The first-order chi connectivity index (χ1) is 15.2. The van der Waals surface area contributed by atoms with Gasteiger partial charge in [0.25, 0.3) is 5.56 Å². The van der Waals surface area contributed by atoms with Crippen LogP contribution in [0.5, 0.6) is 0 Å². The van der Waals surface area contributed by atoms with E-state index in [1.165, 1.54) is 50.4 Å². The van der Waals surface area contributed by atoms with Crippen LogP contribution in [0.1, 0.15) is 10.6 Å². The van der Waals surface area contributed by atoms with Crippen LogP contribution in [0.25, 0.3) is 0 Å². The number of carbonyl (C=O) groups is 3. The summed E-state index contributed by atoms with van der Waals surface area (Å²) in [5, 5.41) is 14.8. The quantitative estimate of drug-likeness (QED) is 0.332. The van der Waals surface area contributed by atoms with Crippen molar-refractivity contribution in [2.45, 2.75) is 29.9 Å². The first kappa shape index (κ1) is 22.9. The van der Waals surface area contributed by atoms with E-state index in [1.807, 2.05) is 17.5 Å². The molecule has 0 aromatic carbocycles. The molecule has 4 heterocycles. The number of amides is 2. The zero-order valence-corrected chi connectivity index (χ0v) is 19.9. The van der Waals surface area contributed by atoms with Gasteiger partial charge in [0.2, 0.25) is 11.8 Å². The highest BCUT2D eigenvalue weighted by atomic mass is 32.2. The van der Waals surface area contributed by atoms with Crippen molar-refractivity contribution >= 4 is 52.6 Å². The van der Waals surface area contributed by atoms with E-state index >= 15 is 0 Å². The fraction of sp³-hybridized carbons (Fsp3) is 0.450. The minimum atomic E-state index is -1.17. The summed E-state index contributed by atoms with van der Waals surface area (Å²) in [4.78, 5) is 56.0. The van der Waals surface area contributed by atoms with Gasteiger partial charge in [0, 0.05) is 41.7 Å². The van der Waals surface area contributed by atoms with Crippen molar-refractivity contribution in [3.63, 3.8) is 0 Å². The number of aliphatic carboxylic acids is 1. The third-order valence-electron chi connectivity index (χ3n) is 5.53. The van der Waals surface area contributed by atoms with Crippen LogP contribution in [0, 0.1) is 12.3 Å². The van der Waals surface area contributed by atoms with E-state index in [2.05, 4.69) is 10.3 Å². The molecule has 3 atom stereocenters. The van der Waals surface area contributed by atoms with Gasteiger partial charge >= 0.3 is 5.97 Å². The lowest BCUT2D eigenvalue weighted by molar-refractivity contribution is -0.157. The number of hydrogen-bond acceptors (Lipinski definition) is 8. The van der Waals surface area contributed by atoms with Crippen LogP contribution in [0.2, 0.25) is 0 Å². The molecule has 0 bridgehead atoms. The number of hydrogen-bond donors (Lipinski definition) is 2. The number of aromatic nitrogens is 2. The van der Waals surface area contributed by atoms with Crippen LogP contribution < -0.4 is 10.9 Å². The van der Waals surface area contributed by atoms with Crippen LogP contribution in [0.15, 0.2) is 33.5 Å². The predicted octanol–water partition coefficient (Wildman–Crippen LogP) is 0.956. The van der Waals surface area contributed by atoms with Crippen LogP contribution in [-0.4, -0.2) is 66.8 Å². The number of nitrogens with zero attached hydrogens (tertiary/aromatic N) is 3. The standard InChI is InChI=1S/C20H22N4O5S3/c1-11-6-14(26)23(2)19(21-11)32-10-20(18(28)29)8-24-16(27)15(17(24)31-9-20)22-13(25)7-12-4-3-5-30-12/h3-6,15,17H,7-10H2,1-2H3,(H,22,25)(H,28,29)/t15-,17-,20?/m1/s1. The number of thioether (sulfide) groups is 2. The number of aryl methyl sites for hydroxylation is 1. The topological polar surface area (TPSA) is 122 Å². The first-order valence-corrected chi connectivity index (χ1v) is 12.8. The molecule has 12 heteroatoms. The predicted molar refractivity (Wildman–Crippen MR) is 123 cm³/mol. The molecule has 1 unspecified atom stereocenters. The summed E-state index contributed by atoms with van der Waals surface area (Å²) in [6, 6.07) is 4.52. The average Bonchev–Trinajstić information content (AvgIpc) is 3.26. The second kappa shape index (κ2) is 8.91. The summed E-state index contributed by atoms with van der Waals surface area (Å²) in [6.07, 6.45) is 0.219. The second-order valence-electron chi connectivity index (χ2n) is 7.92. The number of β-lactam (4-membered cyclic amide) rings is 1. The summed E-state index contributed by atoms with van der Waals surface area (Å²) in [7, 11) is 1.60. The highest BCUT2D eigenvalue weighted by Gasteiger charge is 2.57. The van der Waals surface area contributed by atoms with Crippen molar-refractivity contribution in [1.29, 1.82) is 0 Å². The molecule has 32 heavy (non-hydrogen) atoms. The van der Waals surface area contributed by atoms with Crippen LogP contribution in [-0.2, 0) is 27.9 Å². The summed E-state index contributed by atoms with van der Waals surface area (Å²) in [6.45, 7) is 1.77. The number of fused-ring (bicyclic) bond motifs is 1. The third-order valence-corrected chi connectivity index (χ3v) is 9.31. The molecule has 0 radical (unpaired) electrons. The summed E-state index contributed by atoms with van der Waals surface area (Å²) < 4.78 is 1.39. The van der Waals surface area contributed by atoms with Crippen molar-refractivity contribution < 1.29 is 19.5 Å². The Morgan fingerprint density at radius 3 is 2.88 bits per heavy atom. The van der Waals surface area contributed by atoms with Crippen molar-refractivity contribution in [3.05, 3.63) is 44.5 Å². The highest BCUT2D eigenvalue weighted by molar-refractivity contribution is 8.00. The fourth-order valence-corrected chi connectivity index (χ4v) is 7.25. The number of thiophene rings is 1. The maximum absolute atomic E-state index is 12.7. The van der Waals surface area contributed by atoms with E-state index in [1.54, 1.807) is 14.0 Å². The molecule has 2 aromatic heterocycles. The number of carboxylic acid groups (broad SMARTS) is 1. The van der Waals surface area contributed by atoms with Crippen molar-refractivity contribution in [3.8, 4) is 0 Å². The van der Waals surface area contributed by atoms with Gasteiger partial charge in [0.15, 0.2) is 5.16 Å². The Bertz CT molecular complexity index is 1120. The molecular weight excluding hydrogens is 472 g/mol. The smallest absolute Gasteiger partial charge is 0.313 e. The number of carbonyl (C=O) groups excluding carboxylic acids is 2. The van der Waals surface area contributed by atoms with Gasteiger partial charge in [-0.2, -0.15) is 0 Å². The summed E-state index contributed by atoms with van der Waals surface area (Å²) in [5.74, 6) is -1.01. The Morgan fingerprint density at radius 1 is 1.41 bits per heavy atom. The molecule has 2 aromatic rings. The zero-order valence-electron chi connectivity index (χ0n) is 17.4. The van der Waals surface area contributed by atoms with Gasteiger partial charge < -0.3 is 15.3 Å². The Balaban J connectivity index is 1.41. The van der Waals surface area contributed by atoms with E-state index in [0.29, 0.717) is 16.6 Å². The SMILES string of the molecule is Cc1cc(=O)n(C)c(SCC2(C(=O)O)CS[C@@H]3[C@H](NC(=O)Cc4cccs4)C(=O)N3C2)n1. The third kappa shape index (κ3) is 4.30. The Hall–Kier alpha value is -2.31. The van der Waals surface area contributed by atoms with Gasteiger partial charge in [-0.3, -0.25) is 23.7 Å². The average molecular weight is 495 g/mol. The first-order valence-electron chi connectivity index (χ1n) is 9.85. The van der Waals surface area contributed by atoms with Gasteiger partial charge in [-0.15, -0.1) is 23.1 Å². The molecule has 0 spiro atoms. The molecule has 2 saturated heterocycles. The lowest BCUT2D eigenvalue weighted by Crippen LogP contribution is -2.74. The van der Waals surface area contributed by atoms with E-state index < -0.39 is 17.4 Å². The largest absolute Gasteiger partial charge is 0.481 e. The second-order valence-corrected chi connectivity index (χ2v) is 11.0. The maximum Gasteiger partial charge on any atom is 0.313 e. The minimum Gasteiger partial charge on any atom is -0.481 e. The number of nitrogens with one attached hydrogen (secondary N) is 1. The number of carboxylic acids is 1. The van der Waals surface area contributed by atoms with E-state index in [0.717, 1.165) is 4.88 Å². The van der Waals surface area contributed by atoms with Crippen LogP contribution in [0.4, 0.5) is 0 Å². The Kier molecular flexibility index (Phi) is 6.37. The van der Waals surface area contributed by atoms with Gasteiger partial charge in [0.1, 0.15) is 16.8 Å². The zero-order chi connectivity index (χ0) is 23.0. The molecule has 2 N–H and O–H groups in total. The van der Waals surface area contributed by atoms with Gasteiger partial charge in [-0.1, -0.05) is 17.8 Å². The molecule has 9 nitrogen and oxygen atoms in total. The highest BCUT2D eigenvalue weighted by Crippen LogP contribution is 2.44. The minimum absolute atomic E-state index is 0.0584. The van der Waals surface area contributed by atoms with Gasteiger partial charge in [0.05, 0.1) is 6.42 Å². The molecule has 0 aliphatic carbocycles. The lowest BCUT2D eigenvalue weighted by atomic mass is 9.89. The molecule has 2 fully saturated rings. The Labute approximate surface area is 196 Å². The molecule has 2 aliphatic heterocycles. The van der Waals surface area contributed by atoms with Crippen LogP contribution >= 0.6 is 34.9 Å². The summed E-state index contributed by atoms with van der Waals surface area (Å²) >= 11 is 4.05. The molecule has 2 amide bonds. The van der Waals surface area contributed by atoms with Crippen molar-refractivity contribution in [2.75, 3.05) is 18.1 Å². The van der Waals surface area contributed by atoms with Gasteiger partial charge in [-0.25, -0.2) is 4.98 Å². The molecule has 4 rings (SSSR count). The Morgan fingerprint density at radius 2 is 2.19 bits per heavy atom.